The van der Waals surface area contributed by atoms with Crippen LogP contribution >= 0.6 is 11.6 Å². The van der Waals surface area contributed by atoms with Gasteiger partial charge in [-0.3, -0.25) is 9.97 Å². The van der Waals surface area contributed by atoms with E-state index in [1.54, 1.807) is 12.4 Å². The first-order chi connectivity index (χ1) is 13.8. The van der Waals surface area contributed by atoms with E-state index < -0.39 is 5.60 Å². The zero-order valence-corrected chi connectivity index (χ0v) is 17.4. The summed E-state index contributed by atoms with van der Waals surface area (Å²) in [7, 11) is 0. The number of amides is 1. The number of anilines is 1. The number of hydrogen-bond acceptors (Lipinski definition) is 5. The molecule has 1 amide bonds. The molecule has 1 aromatic heterocycles. The summed E-state index contributed by atoms with van der Waals surface area (Å²) in [6.45, 7) is 7.04. The molecule has 0 atom stereocenters. The molecule has 2 heterocycles. The van der Waals surface area contributed by atoms with E-state index in [9.17, 15) is 4.79 Å². The van der Waals surface area contributed by atoms with Crippen molar-refractivity contribution in [2.45, 2.75) is 32.4 Å². The summed E-state index contributed by atoms with van der Waals surface area (Å²) in [5.74, 6) is 0. The first kappa shape index (κ1) is 19.5. The van der Waals surface area contributed by atoms with Gasteiger partial charge in [-0.15, -0.1) is 0 Å². The molecule has 6 nitrogen and oxygen atoms in total. The number of ether oxygens (including phenoxy) is 1. The molecule has 0 spiro atoms. The standard InChI is InChI=1S/C22H23ClN4O2/c1-22(2,3)29-21(28)26-16-12-27(13-16)17-6-4-5-14(9-17)18-10-15(23)11-19-20(18)25-8-7-24-19/h4-11,16H,12-13H2,1-3H3,(H,26,28). The van der Waals surface area contributed by atoms with Crippen molar-refractivity contribution < 1.29 is 9.53 Å². The van der Waals surface area contributed by atoms with Crippen LogP contribution in [-0.2, 0) is 4.74 Å². The summed E-state index contributed by atoms with van der Waals surface area (Å²) in [6, 6.07) is 12.0. The van der Waals surface area contributed by atoms with Crippen molar-refractivity contribution >= 4 is 34.4 Å². The third-order valence-electron chi connectivity index (χ3n) is 4.66. The SMILES string of the molecule is CC(C)(C)OC(=O)NC1CN(c2cccc(-c3cc(Cl)cc4nccnc34)c2)C1. The normalized spacial score (nSPS) is 14.6. The molecule has 29 heavy (non-hydrogen) atoms. The highest BCUT2D eigenvalue weighted by molar-refractivity contribution is 6.31. The van der Waals surface area contributed by atoms with E-state index in [2.05, 4.69) is 32.3 Å². The molecule has 150 valence electrons. The third kappa shape index (κ3) is 4.43. The fourth-order valence-corrected chi connectivity index (χ4v) is 3.60. The van der Waals surface area contributed by atoms with Crippen molar-refractivity contribution in [3.63, 3.8) is 0 Å². The lowest BCUT2D eigenvalue weighted by atomic mass is 10.0. The smallest absolute Gasteiger partial charge is 0.407 e. The molecule has 1 aliphatic rings. The van der Waals surface area contributed by atoms with E-state index in [0.29, 0.717) is 5.02 Å². The number of alkyl carbamates (subject to hydrolysis) is 1. The summed E-state index contributed by atoms with van der Waals surface area (Å²) in [5.41, 5.74) is 4.16. The Balaban J connectivity index is 1.50. The van der Waals surface area contributed by atoms with E-state index >= 15 is 0 Å². The summed E-state index contributed by atoms with van der Waals surface area (Å²) < 4.78 is 5.32. The minimum Gasteiger partial charge on any atom is -0.444 e. The van der Waals surface area contributed by atoms with Crippen LogP contribution in [0.25, 0.3) is 22.2 Å². The number of halogens is 1. The van der Waals surface area contributed by atoms with Crippen LogP contribution in [0, 0.1) is 0 Å². The number of carbonyl (C=O) groups is 1. The van der Waals surface area contributed by atoms with E-state index in [4.69, 9.17) is 16.3 Å². The van der Waals surface area contributed by atoms with Gasteiger partial charge in [0.2, 0.25) is 0 Å². The maximum absolute atomic E-state index is 11.9. The largest absolute Gasteiger partial charge is 0.444 e. The van der Waals surface area contributed by atoms with Gasteiger partial charge in [-0.1, -0.05) is 23.7 Å². The van der Waals surface area contributed by atoms with Crippen molar-refractivity contribution in [2.24, 2.45) is 0 Å². The molecule has 0 saturated carbocycles. The minimum atomic E-state index is -0.496. The van der Waals surface area contributed by atoms with Gasteiger partial charge >= 0.3 is 6.09 Å². The number of aromatic nitrogens is 2. The molecule has 4 rings (SSSR count). The zero-order chi connectivity index (χ0) is 20.6. The number of hydrogen-bond donors (Lipinski definition) is 1. The Kier molecular flexibility index (Phi) is 5.04. The number of carbonyl (C=O) groups excluding carboxylic acids is 1. The average Bonchev–Trinajstić information content (AvgIpc) is 2.62. The number of nitrogens with one attached hydrogen (secondary N) is 1. The van der Waals surface area contributed by atoms with Crippen molar-refractivity contribution in [1.82, 2.24) is 15.3 Å². The molecule has 7 heteroatoms. The Morgan fingerprint density at radius 2 is 1.93 bits per heavy atom. The van der Waals surface area contributed by atoms with Gasteiger partial charge in [-0.2, -0.15) is 0 Å². The molecular formula is C22H23ClN4O2. The Labute approximate surface area is 174 Å². The fraction of sp³-hybridized carbons (Fsp3) is 0.318. The Morgan fingerprint density at radius 3 is 2.69 bits per heavy atom. The van der Waals surface area contributed by atoms with Gasteiger partial charge < -0.3 is 15.0 Å². The quantitative estimate of drug-likeness (QED) is 0.679. The number of nitrogens with zero attached hydrogens (tertiary/aromatic N) is 3. The molecular weight excluding hydrogens is 388 g/mol. The van der Waals surface area contributed by atoms with Crippen molar-refractivity contribution in [2.75, 3.05) is 18.0 Å². The van der Waals surface area contributed by atoms with E-state index in [0.717, 1.165) is 40.9 Å². The first-order valence-electron chi connectivity index (χ1n) is 9.54. The third-order valence-corrected chi connectivity index (χ3v) is 4.88. The van der Waals surface area contributed by atoms with Crippen molar-refractivity contribution in [3.8, 4) is 11.1 Å². The minimum absolute atomic E-state index is 0.0753. The second kappa shape index (κ2) is 7.52. The Bertz CT molecular complexity index is 1060. The Hall–Kier alpha value is -2.86. The van der Waals surface area contributed by atoms with Crippen LogP contribution in [0.2, 0.25) is 5.02 Å². The fourth-order valence-electron chi connectivity index (χ4n) is 3.39. The molecule has 1 aliphatic heterocycles. The highest BCUT2D eigenvalue weighted by Crippen LogP contribution is 2.33. The van der Waals surface area contributed by atoms with Crippen molar-refractivity contribution in [3.05, 3.63) is 53.8 Å². The lowest BCUT2D eigenvalue weighted by Gasteiger charge is -2.41. The molecule has 2 aromatic carbocycles. The van der Waals surface area contributed by atoms with Gasteiger partial charge in [0.1, 0.15) is 5.60 Å². The average molecular weight is 411 g/mol. The van der Waals surface area contributed by atoms with Gasteiger partial charge in [0.05, 0.1) is 17.1 Å². The van der Waals surface area contributed by atoms with Gasteiger partial charge in [-0.25, -0.2) is 4.79 Å². The van der Waals surface area contributed by atoms with E-state index in [-0.39, 0.29) is 12.1 Å². The molecule has 1 saturated heterocycles. The molecule has 1 fully saturated rings. The Morgan fingerprint density at radius 1 is 1.17 bits per heavy atom. The lowest BCUT2D eigenvalue weighted by molar-refractivity contribution is 0.0496. The maximum Gasteiger partial charge on any atom is 0.407 e. The van der Waals surface area contributed by atoms with E-state index in [1.165, 1.54) is 0 Å². The van der Waals surface area contributed by atoms with Gasteiger partial charge in [0.15, 0.2) is 0 Å². The topological polar surface area (TPSA) is 67.3 Å². The zero-order valence-electron chi connectivity index (χ0n) is 16.6. The second-order valence-corrected chi connectivity index (χ2v) is 8.61. The molecule has 0 aliphatic carbocycles. The van der Waals surface area contributed by atoms with Crippen LogP contribution in [0.5, 0.6) is 0 Å². The molecule has 0 bridgehead atoms. The van der Waals surface area contributed by atoms with Crippen LogP contribution in [0.3, 0.4) is 0 Å². The summed E-state index contributed by atoms with van der Waals surface area (Å²) >= 11 is 6.30. The highest BCUT2D eigenvalue weighted by atomic mass is 35.5. The van der Waals surface area contributed by atoms with Gasteiger partial charge in [0.25, 0.3) is 0 Å². The van der Waals surface area contributed by atoms with Gasteiger partial charge in [-0.05, 0) is 50.6 Å². The number of rotatable bonds is 3. The molecule has 1 N–H and O–H groups in total. The maximum atomic E-state index is 11.9. The van der Waals surface area contributed by atoms with Gasteiger partial charge in [0, 0.05) is 41.8 Å². The summed E-state index contributed by atoms with van der Waals surface area (Å²) in [4.78, 5) is 23.0. The molecule has 0 radical (unpaired) electrons. The molecule has 3 aromatic rings. The highest BCUT2D eigenvalue weighted by Gasteiger charge is 2.30. The summed E-state index contributed by atoms with van der Waals surface area (Å²) in [6.07, 6.45) is 2.97. The second-order valence-electron chi connectivity index (χ2n) is 8.18. The van der Waals surface area contributed by atoms with Crippen LogP contribution in [0.4, 0.5) is 10.5 Å². The lowest BCUT2D eigenvalue weighted by Crippen LogP contribution is -2.60. The van der Waals surface area contributed by atoms with Crippen LogP contribution < -0.4 is 10.2 Å². The van der Waals surface area contributed by atoms with Crippen LogP contribution in [0.15, 0.2) is 48.8 Å². The predicted molar refractivity (Wildman–Crippen MR) is 115 cm³/mol. The van der Waals surface area contributed by atoms with Crippen LogP contribution in [-0.4, -0.2) is 40.8 Å². The van der Waals surface area contributed by atoms with Crippen molar-refractivity contribution in [1.29, 1.82) is 0 Å². The van der Waals surface area contributed by atoms with Crippen LogP contribution in [0.1, 0.15) is 20.8 Å². The van der Waals surface area contributed by atoms with E-state index in [1.807, 2.05) is 45.0 Å². The number of fused-ring (bicyclic) bond motifs is 1. The summed E-state index contributed by atoms with van der Waals surface area (Å²) in [5, 5.41) is 3.54. The predicted octanol–water partition coefficient (Wildman–Crippen LogP) is 4.66. The number of benzene rings is 2. The monoisotopic (exact) mass is 410 g/mol. The molecule has 0 unspecified atom stereocenters. The first-order valence-corrected chi connectivity index (χ1v) is 9.91.